The number of hydrogen-bond acceptors (Lipinski definition) is 7. The largest absolute Gasteiger partial charge is 0.469 e. The van der Waals surface area contributed by atoms with Crippen molar-refractivity contribution in [2.45, 2.75) is 13.5 Å². The van der Waals surface area contributed by atoms with Crippen molar-refractivity contribution in [3.63, 3.8) is 0 Å². The third kappa shape index (κ3) is 2.32. The summed E-state index contributed by atoms with van der Waals surface area (Å²) in [5, 5.41) is 12.7. The first-order valence-corrected chi connectivity index (χ1v) is 6.64. The minimum atomic E-state index is -0.411. The van der Waals surface area contributed by atoms with Gasteiger partial charge in [0.25, 0.3) is 0 Å². The highest BCUT2D eigenvalue weighted by atomic mass is 32.1. The monoisotopic (exact) mass is 290 g/mol. The van der Waals surface area contributed by atoms with Gasteiger partial charge in [0.2, 0.25) is 0 Å². The Morgan fingerprint density at radius 1 is 1.50 bits per heavy atom. The molecule has 0 unspecified atom stereocenters. The predicted octanol–water partition coefficient (Wildman–Crippen LogP) is 1.98. The predicted molar refractivity (Wildman–Crippen MR) is 69.6 cm³/mol. The summed E-state index contributed by atoms with van der Waals surface area (Å²) in [6.07, 6.45) is 3.00. The quantitative estimate of drug-likeness (QED) is 0.683. The lowest BCUT2D eigenvalue weighted by Crippen LogP contribution is -2.07. The van der Waals surface area contributed by atoms with Gasteiger partial charge in [0, 0.05) is 5.56 Å². The van der Waals surface area contributed by atoms with Crippen molar-refractivity contribution >= 4 is 17.3 Å². The molecule has 0 N–H and O–H groups in total. The number of furan rings is 1. The van der Waals surface area contributed by atoms with Gasteiger partial charge in [-0.15, -0.1) is 16.4 Å². The van der Waals surface area contributed by atoms with E-state index < -0.39 is 5.97 Å². The lowest BCUT2D eigenvalue weighted by Gasteiger charge is -2.04. The third-order valence-electron chi connectivity index (χ3n) is 2.75. The molecule has 0 spiro atoms. The van der Waals surface area contributed by atoms with Gasteiger partial charge in [0.1, 0.15) is 23.6 Å². The Labute approximate surface area is 117 Å². The van der Waals surface area contributed by atoms with E-state index in [0.717, 1.165) is 11.3 Å². The van der Waals surface area contributed by atoms with E-state index in [-0.39, 0.29) is 6.61 Å². The fourth-order valence-corrected chi connectivity index (χ4v) is 2.45. The van der Waals surface area contributed by atoms with E-state index in [1.807, 2.05) is 6.92 Å². The second-order valence-corrected chi connectivity index (χ2v) is 4.88. The molecule has 0 radical (unpaired) electrons. The summed E-state index contributed by atoms with van der Waals surface area (Å²) in [4.78, 5) is 12.6. The zero-order valence-electron chi connectivity index (χ0n) is 10.5. The van der Waals surface area contributed by atoms with E-state index >= 15 is 0 Å². The minimum Gasteiger partial charge on any atom is -0.469 e. The van der Waals surface area contributed by atoms with Gasteiger partial charge >= 0.3 is 5.97 Å². The van der Waals surface area contributed by atoms with E-state index in [0.29, 0.717) is 10.6 Å². The number of rotatable bonds is 4. The SMILES string of the molecule is Cc1occc1COC(=O)c1sccc1-n1cnnn1. The zero-order valence-corrected chi connectivity index (χ0v) is 11.3. The molecule has 8 heteroatoms. The molecule has 0 fully saturated rings. The standard InChI is InChI=1S/C12H10N4O3S/c1-8-9(2-4-18-8)6-19-12(17)11-10(3-5-20-11)16-7-13-14-15-16/h2-5,7H,6H2,1H3. The van der Waals surface area contributed by atoms with Crippen LogP contribution in [0.3, 0.4) is 0 Å². The minimum absolute atomic E-state index is 0.175. The Kier molecular flexibility index (Phi) is 3.30. The fraction of sp³-hybridized carbons (Fsp3) is 0.167. The van der Waals surface area contributed by atoms with Gasteiger partial charge in [-0.25, -0.2) is 4.79 Å². The number of tetrazole rings is 1. The maximum Gasteiger partial charge on any atom is 0.350 e. The second kappa shape index (κ2) is 5.25. The van der Waals surface area contributed by atoms with Crippen LogP contribution in [0.2, 0.25) is 0 Å². The molecule has 3 aromatic rings. The molecule has 0 bridgehead atoms. The van der Waals surface area contributed by atoms with Crippen molar-refractivity contribution in [2.75, 3.05) is 0 Å². The van der Waals surface area contributed by atoms with Gasteiger partial charge in [0.15, 0.2) is 0 Å². The molecule has 0 atom stereocenters. The Balaban J connectivity index is 1.75. The Hall–Kier alpha value is -2.48. The summed E-state index contributed by atoms with van der Waals surface area (Å²) in [6, 6.07) is 3.54. The summed E-state index contributed by atoms with van der Waals surface area (Å²) in [7, 11) is 0. The molecule has 0 saturated heterocycles. The first-order valence-electron chi connectivity index (χ1n) is 5.76. The molecule has 20 heavy (non-hydrogen) atoms. The molecule has 102 valence electrons. The van der Waals surface area contributed by atoms with Crippen LogP contribution in [-0.4, -0.2) is 26.2 Å². The average molecular weight is 290 g/mol. The van der Waals surface area contributed by atoms with Crippen LogP contribution in [-0.2, 0) is 11.3 Å². The highest BCUT2D eigenvalue weighted by molar-refractivity contribution is 7.12. The molecule has 3 rings (SSSR count). The van der Waals surface area contributed by atoms with Crippen LogP contribution in [0.15, 0.2) is 34.5 Å². The average Bonchev–Trinajstić information content (AvgIpc) is 3.17. The van der Waals surface area contributed by atoms with Gasteiger partial charge in [-0.3, -0.25) is 0 Å². The maximum absolute atomic E-state index is 12.1. The summed E-state index contributed by atoms with van der Waals surface area (Å²) in [5.74, 6) is 0.329. The Morgan fingerprint density at radius 3 is 3.10 bits per heavy atom. The lowest BCUT2D eigenvalue weighted by molar-refractivity contribution is 0.0477. The molecule has 0 aromatic carbocycles. The van der Waals surface area contributed by atoms with Gasteiger partial charge < -0.3 is 9.15 Å². The van der Waals surface area contributed by atoms with E-state index in [1.165, 1.54) is 22.3 Å². The summed E-state index contributed by atoms with van der Waals surface area (Å²) in [5.41, 5.74) is 1.45. The number of ether oxygens (including phenoxy) is 1. The smallest absolute Gasteiger partial charge is 0.350 e. The molecule has 0 amide bonds. The number of aryl methyl sites for hydroxylation is 1. The molecule has 0 aliphatic heterocycles. The second-order valence-electron chi connectivity index (χ2n) is 3.97. The molecular formula is C12H10N4O3S. The molecule has 7 nitrogen and oxygen atoms in total. The molecular weight excluding hydrogens is 280 g/mol. The van der Waals surface area contributed by atoms with Crippen LogP contribution in [0, 0.1) is 6.92 Å². The van der Waals surface area contributed by atoms with Crippen LogP contribution in [0.1, 0.15) is 21.0 Å². The maximum atomic E-state index is 12.1. The van der Waals surface area contributed by atoms with Crippen molar-refractivity contribution in [3.05, 3.63) is 46.3 Å². The number of carbonyl (C=O) groups is 1. The van der Waals surface area contributed by atoms with Crippen LogP contribution < -0.4 is 0 Å². The zero-order chi connectivity index (χ0) is 13.9. The van der Waals surface area contributed by atoms with Crippen LogP contribution in [0.25, 0.3) is 5.69 Å². The first-order chi connectivity index (χ1) is 9.75. The number of aromatic nitrogens is 4. The fourth-order valence-electron chi connectivity index (χ4n) is 1.68. The van der Waals surface area contributed by atoms with E-state index in [1.54, 1.807) is 23.8 Å². The molecule has 0 saturated carbocycles. The summed E-state index contributed by atoms with van der Waals surface area (Å²) < 4.78 is 11.9. The molecule has 0 aliphatic carbocycles. The molecule has 3 heterocycles. The van der Waals surface area contributed by atoms with Crippen molar-refractivity contribution in [1.82, 2.24) is 20.2 Å². The van der Waals surface area contributed by atoms with Gasteiger partial charge in [-0.2, -0.15) is 4.68 Å². The summed E-state index contributed by atoms with van der Waals surface area (Å²) >= 11 is 1.28. The van der Waals surface area contributed by atoms with Crippen LogP contribution >= 0.6 is 11.3 Å². The molecule has 3 aromatic heterocycles. The van der Waals surface area contributed by atoms with Crippen molar-refractivity contribution < 1.29 is 13.9 Å². The Bertz CT molecular complexity index is 717. The topological polar surface area (TPSA) is 83.0 Å². The van der Waals surface area contributed by atoms with Crippen molar-refractivity contribution in [1.29, 1.82) is 0 Å². The lowest BCUT2D eigenvalue weighted by atomic mass is 10.3. The first kappa shape index (κ1) is 12.5. The van der Waals surface area contributed by atoms with Crippen molar-refractivity contribution in [2.24, 2.45) is 0 Å². The van der Waals surface area contributed by atoms with E-state index in [9.17, 15) is 4.79 Å². The van der Waals surface area contributed by atoms with Gasteiger partial charge in [-0.1, -0.05) is 0 Å². The van der Waals surface area contributed by atoms with Crippen LogP contribution in [0.5, 0.6) is 0 Å². The Morgan fingerprint density at radius 2 is 2.40 bits per heavy atom. The third-order valence-corrected chi connectivity index (χ3v) is 3.63. The highest BCUT2D eigenvalue weighted by Crippen LogP contribution is 2.22. The van der Waals surface area contributed by atoms with Crippen LogP contribution in [0.4, 0.5) is 0 Å². The number of thiophene rings is 1. The van der Waals surface area contributed by atoms with E-state index in [2.05, 4.69) is 15.5 Å². The number of carbonyl (C=O) groups excluding carboxylic acids is 1. The summed E-state index contributed by atoms with van der Waals surface area (Å²) in [6.45, 7) is 1.99. The van der Waals surface area contributed by atoms with Gasteiger partial charge in [0.05, 0.1) is 12.0 Å². The number of hydrogen-bond donors (Lipinski definition) is 0. The normalized spacial score (nSPS) is 10.7. The number of esters is 1. The van der Waals surface area contributed by atoms with E-state index in [4.69, 9.17) is 9.15 Å². The molecule has 0 aliphatic rings. The van der Waals surface area contributed by atoms with Gasteiger partial charge in [-0.05, 0) is 34.9 Å². The van der Waals surface area contributed by atoms with Crippen molar-refractivity contribution in [3.8, 4) is 5.69 Å². The highest BCUT2D eigenvalue weighted by Gasteiger charge is 2.17. The number of nitrogens with zero attached hydrogens (tertiary/aromatic N) is 4.